The summed E-state index contributed by atoms with van der Waals surface area (Å²) in [6.07, 6.45) is 5.80. The molecule has 0 aliphatic carbocycles. The Morgan fingerprint density at radius 1 is 0.917 bits per heavy atom. The molecule has 0 aromatic carbocycles. The van der Waals surface area contributed by atoms with Crippen molar-refractivity contribution in [1.29, 1.82) is 0 Å². The summed E-state index contributed by atoms with van der Waals surface area (Å²) < 4.78 is 3.19. The van der Waals surface area contributed by atoms with Gasteiger partial charge in [0.05, 0.1) is 0 Å². The van der Waals surface area contributed by atoms with Crippen LogP contribution in [0.15, 0.2) is 0 Å². The van der Waals surface area contributed by atoms with Gasteiger partial charge in [-0.2, -0.15) is 0 Å². The highest BCUT2D eigenvalue weighted by Gasteiger charge is 1.92. The molecule has 0 aromatic rings. The molecule has 0 spiro atoms. The van der Waals surface area contributed by atoms with Crippen molar-refractivity contribution in [2.24, 2.45) is 0 Å². The third-order valence-corrected chi connectivity index (χ3v) is 3.71. The first kappa shape index (κ1) is 15.2. The predicted octanol–water partition coefficient (Wildman–Crippen LogP) is 3.13. The van der Waals surface area contributed by atoms with Gasteiger partial charge in [0.25, 0.3) is 0 Å². The van der Waals surface area contributed by atoms with Crippen molar-refractivity contribution < 1.29 is 5.11 Å². The maximum atomic E-state index is 7.57. The molecule has 0 saturated carbocycles. The minimum atomic E-state index is 0.250. The van der Waals surface area contributed by atoms with Crippen LogP contribution in [-0.4, -0.2) is 32.1 Å². The van der Waals surface area contributed by atoms with Crippen molar-refractivity contribution in [2.45, 2.75) is 55.6 Å². The third-order valence-electron chi connectivity index (χ3n) is 1.71. The number of hydrogen-bond acceptors (Lipinski definition) is 1. The van der Waals surface area contributed by atoms with Crippen molar-refractivity contribution in [2.75, 3.05) is 6.61 Å². The molecule has 1 N–H and O–H groups in total. The van der Waals surface area contributed by atoms with Crippen molar-refractivity contribution in [1.82, 2.24) is 0 Å². The molecular weight excluding hydrogens is 160 g/mol. The lowest BCUT2D eigenvalue weighted by Gasteiger charge is -1.93. The molecule has 0 aliphatic rings. The minimum Gasteiger partial charge on any atom is -0.397 e. The van der Waals surface area contributed by atoms with Crippen molar-refractivity contribution in [3.05, 3.63) is 0 Å². The maximum absolute atomic E-state index is 7.57. The van der Waals surface area contributed by atoms with E-state index in [0.29, 0.717) is 20.4 Å². The van der Waals surface area contributed by atoms with Gasteiger partial charge < -0.3 is 5.11 Å². The topological polar surface area (TPSA) is 20.2 Å². The first-order chi connectivity index (χ1) is 5.83. The summed E-state index contributed by atoms with van der Waals surface area (Å²) in [6, 6.07) is 0. The highest BCUT2D eigenvalue weighted by molar-refractivity contribution is 6.35. The van der Waals surface area contributed by atoms with E-state index in [0.717, 1.165) is 0 Å². The molecule has 0 unspecified atom stereocenters. The van der Waals surface area contributed by atoms with Crippen LogP contribution in [0.5, 0.6) is 0 Å². The van der Waals surface area contributed by atoms with Crippen LogP contribution in [0.25, 0.3) is 0 Å². The Balaban J connectivity index is 0. The number of unbranched alkanes of at least 4 members (excludes halogenated alkanes) is 2. The summed E-state index contributed by atoms with van der Waals surface area (Å²) in [5.41, 5.74) is 0. The van der Waals surface area contributed by atoms with Gasteiger partial charge in [0, 0.05) is 6.61 Å². The smallest absolute Gasteiger partial charge is 0.364 e. The highest BCUT2D eigenvalue weighted by atomic mass is 24.5. The molecule has 0 aromatic heterocycles. The normalized spacial score (nSPS) is 8.33. The van der Waals surface area contributed by atoms with Crippen molar-refractivity contribution in [3.63, 3.8) is 0 Å². The van der Waals surface area contributed by atoms with Gasteiger partial charge in [0.15, 0.2) is 0 Å². The number of aliphatic hydroxyl groups excluding tert-OH is 1. The lowest BCUT2D eigenvalue weighted by atomic mass is 10.4. The molecule has 0 rings (SSSR count). The second kappa shape index (κ2) is 17.7. The Labute approximate surface area is 87.7 Å². The van der Waals surface area contributed by atoms with Gasteiger partial charge in [0.1, 0.15) is 0 Å². The second-order valence-corrected chi connectivity index (χ2v) is 5.21. The van der Waals surface area contributed by atoms with Crippen LogP contribution in [0.1, 0.15) is 46.5 Å². The van der Waals surface area contributed by atoms with Gasteiger partial charge in [-0.05, 0) is 6.92 Å². The minimum absolute atomic E-state index is 0.250. The summed E-state index contributed by atoms with van der Waals surface area (Å²) in [5, 5.41) is 7.57. The van der Waals surface area contributed by atoms with E-state index in [2.05, 4.69) is 13.8 Å². The highest BCUT2D eigenvalue weighted by Crippen LogP contribution is 1.99. The van der Waals surface area contributed by atoms with Crippen LogP contribution >= 0.6 is 0 Å². The largest absolute Gasteiger partial charge is 0.397 e. The van der Waals surface area contributed by atoms with Gasteiger partial charge in [-0.1, -0.05) is 39.5 Å². The van der Waals surface area contributed by atoms with Gasteiger partial charge >= 0.3 is 20.4 Å². The zero-order valence-electron chi connectivity index (χ0n) is 9.10. The van der Waals surface area contributed by atoms with Gasteiger partial charge in [-0.15, -0.1) is 9.10 Å². The van der Waals surface area contributed by atoms with Gasteiger partial charge in [-0.3, -0.25) is 0 Å². The van der Waals surface area contributed by atoms with E-state index in [1.54, 1.807) is 16.0 Å². The number of hydrogen-bond donors (Lipinski definition) is 1. The summed E-state index contributed by atoms with van der Waals surface area (Å²) in [7, 11) is 0. The average molecular weight is 185 g/mol. The lowest BCUT2D eigenvalue weighted by molar-refractivity contribution is 0.318. The Kier molecular flexibility index (Phi) is 22.5. The van der Waals surface area contributed by atoms with Crippen LogP contribution in [-0.2, 0) is 0 Å². The standard InChI is InChI=1S/2C4H9.C2H6O.Mg/c2*1-3-4-2;1-2-3;/h2*1,3-4H2,2H3;3H,2H2,1H3;. The van der Waals surface area contributed by atoms with Crippen LogP contribution in [0.3, 0.4) is 0 Å². The van der Waals surface area contributed by atoms with E-state index in [1.165, 1.54) is 25.7 Å². The Hall–Kier alpha value is 0.726. The van der Waals surface area contributed by atoms with E-state index in [1.807, 2.05) is 0 Å². The van der Waals surface area contributed by atoms with Crippen molar-refractivity contribution in [3.8, 4) is 0 Å². The van der Waals surface area contributed by atoms with Crippen LogP contribution < -0.4 is 0 Å². The maximum Gasteiger partial charge on any atom is 0.364 e. The monoisotopic (exact) mass is 184 g/mol. The summed E-state index contributed by atoms with van der Waals surface area (Å²) in [5.74, 6) is 0. The van der Waals surface area contributed by atoms with E-state index < -0.39 is 0 Å². The zero-order chi connectivity index (χ0) is 9.66. The summed E-state index contributed by atoms with van der Waals surface area (Å²) in [6.45, 7) is 6.50. The van der Waals surface area contributed by atoms with E-state index in [4.69, 9.17) is 5.11 Å². The molecule has 12 heavy (non-hydrogen) atoms. The molecule has 0 aliphatic heterocycles. The lowest BCUT2D eigenvalue weighted by Crippen LogP contribution is -1.87. The fraction of sp³-hybridized carbons (Fsp3) is 1.00. The Morgan fingerprint density at radius 3 is 1.50 bits per heavy atom. The Bertz CT molecular complexity index is 51.8. The quantitative estimate of drug-likeness (QED) is 0.497. The van der Waals surface area contributed by atoms with E-state index >= 15 is 0 Å². The van der Waals surface area contributed by atoms with Gasteiger partial charge in [-0.25, -0.2) is 0 Å². The Morgan fingerprint density at radius 2 is 1.25 bits per heavy atom. The first-order valence-electron chi connectivity index (χ1n) is 5.44. The molecule has 0 radical (unpaired) electrons. The van der Waals surface area contributed by atoms with Crippen LogP contribution in [0.4, 0.5) is 0 Å². The molecule has 0 amide bonds. The van der Waals surface area contributed by atoms with E-state index in [-0.39, 0.29) is 6.61 Å². The number of aliphatic hydroxyl groups is 1. The molecule has 0 atom stereocenters. The molecule has 0 fully saturated rings. The van der Waals surface area contributed by atoms with Crippen LogP contribution in [0, 0.1) is 0 Å². The SMILES string of the molecule is CCC[CH2][Mg][CH2]CCC.CCO. The van der Waals surface area contributed by atoms with Crippen LogP contribution in [0.2, 0.25) is 9.10 Å². The summed E-state index contributed by atoms with van der Waals surface area (Å²) >= 11 is 0.389. The van der Waals surface area contributed by atoms with Crippen molar-refractivity contribution >= 4 is 20.4 Å². The molecule has 0 heterocycles. The molecule has 0 saturated heterocycles. The fourth-order valence-corrected chi connectivity index (χ4v) is 3.09. The van der Waals surface area contributed by atoms with Gasteiger partial charge in [0.2, 0.25) is 0 Å². The fourth-order valence-electron chi connectivity index (χ4n) is 1.03. The average Bonchev–Trinajstić information content (AvgIpc) is 2.06. The van der Waals surface area contributed by atoms with E-state index in [9.17, 15) is 0 Å². The zero-order valence-corrected chi connectivity index (χ0v) is 10.5. The summed E-state index contributed by atoms with van der Waals surface area (Å²) in [4.78, 5) is 0. The third kappa shape index (κ3) is 22.4. The molecule has 2 heteroatoms. The predicted molar refractivity (Wildman–Crippen MR) is 57.9 cm³/mol. The molecule has 72 valence electrons. The number of rotatable bonds is 6. The molecular formula is C10H24MgO. The first-order valence-corrected chi connectivity index (χ1v) is 7.44. The molecule has 1 nitrogen and oxygen atoms in total. The molecule has 0 bridgehead atoms. The second-order valence-electron chi connectivity index (χ2n) is 3.08.